The van der Waals surface area contributed by atoms with E-state index >= 15 is 0 Å². The highest BCUT2D eigenvalue weighted by Gasteiger charge is 2.44. The molecular formula is C18H21N5O5S. The highest BCUT2D eigenvalue weighted by atomic mass is 32.2. The van der Waals surface area contributed by atoms with E-state index in [0.29, 0.717) is 28.4 Å². The number of thioether (sulfide) groups is 1. The fourth-order valence-corrected chi connectivity index (χ4v) is 4.23. The third-order valence-corrected chi connectivity index (χ3v) is 5.80. The largest absolute Gasteiger partial charge is 0.497 e. The second-order valence-corrected chi connectivity index (χ2v) is 7.58. The van der Waals surface area contributed by atoms with Crippen molar-refractivity contribution in [2.45, 2.75) is 29.4 Å². The van der Waals surface area contributed by atoms with Gasteiger partial charge >= 0.3 is 0 Å². The van der Waals surface area contributed by atoms with Crippen molar-refractivity contribution in [1.29, 1.82) is 0 Å². The van der Waals surface area contributed by atoms with Gasteiger partial charge in [-0.3, -0.25) is 4.57 Å². The standard InChI is InChI=1S/C18H21N5O5S/c1-26-9-3-10(27-2)5-11(4-9)29-6-12-14(24)15(25)18(28-12)23-8-22-13-16(19)20-7-21-17(13)23/h3-5,7-8,12,14-15,18,24-25H,6H2,1-2H3,(H2,19,20,21)/t12-,14-,15-,18-/m1/s1. The van der Waals surface area contributed by atoms with Crippen molar-refractivity contribution in [2.75, 3.05) is 25.7 Å². The lowest BCUT2D eigenvalue weighted by Crippen LogP contribution is -2.32. The Morgan fingerprint density at radius 1 is 1.10 bits per heavy atom. The van der Waals surface area contributed by atoms with E-state index in [9.17, 15) is 10.2 Å². The van der Waals surface area contributed by atoms with Crippen LogP contribution < -0.4 is 15.2 Å². The van der Waals surface area contributed by atoms with Crippen LogP contribution in [0.15, 0.2) is 35.7 Å². The van der Waals surface area contributed by atoms with Gasteiger partial charge in [-0.15, -0.1) is 11.8 Å². The summed E-state index contributed by atoms with van der Waals surface area (Å²) in [6.45, 7) is 0. The van der Waals surface area contributed by atoms with Gasteiger partial charge in [-0.2, -0.15) is 0 Å². The summed E-state index contributed by atoms with van der Waals surface area (Å²) in [5.74, 6) is 1.98. The minimum absolute atomic E-state index is 0.237. The molecule has 0 amide bonds. The summed E-state index contributed by atoms with van der Waals surface area (Å²) in [5.41, 5.74) is 6.66. The van der Waals surface area contributed by atoms with Gasteiger partial charge in [-0.25, -0.2) is 15.0 Å². The van der Waals surface area contributed by atoms with Crippen LogP contribution in [0.25, 0.3) is 11.2 Å². The summed E-state index contributed by atoms with van der Waals surface area (Å²) in [6.07, 6.45) is -0.871. The first kappa shape index (κ1) is 19.7. The Labute approximate surface area is 170 Å². The topological polar surface area (TPSA) is 138 Å². The number of rotatable bonds is 6. The number of aliphatic hydroxyl groups is 2. The molecule has 10 nitrogen and oxygen atoms in total. The van der Waals surface area contributed by atoms with Gasteiger partial charge in [0.25, 0.3) is 0 Å². The number of fused-ring (bicyclic) bond motifs is 1. The first-order valence-electron chi connectivity index (χ1n) is 8.82. The number of nitrogens with zero attached hydrogens (tertiary/aromatic N) is 4. The molecule has 3 aromatic rings. The van der Waals surface area contributed by atoms with Crippen molar-refractivity contribution < 1.29 is 24.4 Å². The predicted molar refractivity (Wildman–Crippen MR) is 106 cm³/mol. The van der Waals surface area contributed by atoms with Crippen LogP contribution in [0.3, 0.4) is 0 Å². The molecule has 29 heavy (non-hydrogen) atoms. The van der Waals surface area contributed by atoms with Crippen molar-refractivity contribution in [3.63, 3.8) is 0 Å². The molecule has 3 heterocycles. The first-order chi connectivity index (χ1) is 14.0. The third kappa shape index (κ3) is 3.69. The van der Waals surface area contributed by atoms with Crippen LogP contribution in [0.4, 0.5) is 5.82 Å². The van der Waals surface area contributed by atoms with E-state index in [1.807, 2.05) is 12.1 Å². The summed E-state index contributed by atoms with van der Waals surface area (Å²) >= 11 is 1.46. The molecule has 1 fully saturated rings. The van der Waals surface area contributed by atoms with Crippen LogP contribution >= 0.6 is 11.8 Å². The number of hydrogen-bond donors (Lipinski definition) is 3. The molecule has 4 atom stereocenters. The number of aromatic nitrogens is 4. The number of ether oxygens (including phenoxy) is 3. The molecule has 0 saturated carbocycles. The average Bonchev–Trinajstić information content (AvgIpc) is 3.28. The molecule has 1 aromatic carbocycles. The zero-order chi connectivity index (χ0) is 20.5. The lowest BCUT2D eigenvalue weighted by Gasteiger charge is -2.16. The second kappa shape index (κ2) is 8.03. The minimum Gasteiger partial charge on any atom is -0.497 e. The molecule has 11 heteroatoms. The van der Waals surface area contributed by atoms with Gasteiger partial charge in [0, 0.05) is 16.7 Å². The lowest BCUT2D eigenvalue weighted by atomic mass is 10.1. The van der Waals surface area contributed by atoms with Crippen LogP contribution in [0.1, 0.15) is 6.23 Å². The van der Waals surface area contributed by atoms with Crippen molar-refractivity contribution in [1.82, 2.24) is 19.5 Å². The van der Waals surface area contributed by atoms with E-state index in [1.54, 1.807) is 24.9 Å². The summed E-state index contributed by atoms with van der Waals surface area (Å²) in [7, 11) is 3.17. The van der Waals surface area contributed by atoms with E-state index < -0.39 is 24.5 Å². The average molecular weight is 419 g/mol. The zero-order valence-corrected chi connectivity index (χ0v) is 16.6. The zero-order valence-electron chi connectivity index (χ0n) is 15.8. The maximum Gasteiger partial charge on any atom is 0.167 e. The van der Waals surface area contributed by atoms with Crippen LogP contribution in [0, 0.1) is 0 Å². The molecule has 0 spiro atoms. The molecule has 1 saturated heterocycles. The lowest BCUT2D eigenvalue weighted by molar-refractivity contribution is -0.0289. The number of benzene rings is 1. The Morgan fingerprint density at radius 3 is 2.52 bits per heavy atom. The van der Waals surface area contributed by atoms with E-state index in [0.717, 1.165) is 4.90 Å². The fraction of sp³-hybridized carbons (Fsp3) is 0.389. The number of hydrogen-bond acceptors (Lipinski definition) is 10. The number of anilines is 1. The van der Waals surface area contributed by atoms with Gasteiger partial charge in [0.2, 0.25) is 0 Å². The minimum atomic E-state index is -1.14. The molecule has 2 aromatic heterocycles. The maximum absolute atomic E-state index is 10.5. The number of nitrogen functional groups attached to an aromatic ring is 1. The molecule has 4 rings (SSSR count). The van der Waals surface area contributed by atoms with Gasteiger partial charge in [-0.1, -0.05) is 0 Å². The fourth-order valence-electron chi connectivity index (χ4n) is 3.20. The Bertz CT molecular complexity index is 993. The molecule has 0 unspecified atom stereocenters. The van der Waals surface area contributed by atoms with Crippen LogP contribution in [0.5, 0.6) is 11.5 Å². The maximum atomic E-state index is 10.5. The third-order valence-electron chi connectivity index (χ3n) is 4.74. The summed E-state index contributed by atoms with van der Waals surface area (Å²) in [4.78, 5) is 13.1. The Balaban J connectivity index is 1.51. The van der Waals surface area contributed by atoms with Gasteiger partial charge < -0.3 is 30.2 Å². The predicted octanol–water partition coefficient (Wildman–Crippen LogP) is 0.837. The normalized spacial score (nSPS) is 24.1. The van der Waals surface area contributed by atoms with Crippen LogP contribution in [0.2, 0.25) is 0 Å². The van der Waals surface area contributed by atoms with Crippen LogP contribution in [-0.4, -0.2) is 68.0 Å². The Morgan fingerprint density at radius 2 is 1.83 bits per heavy atom. The molecular weight excluding hydrogens is 398 g/mol. The van der Waals surface area contributed by atoms with Gasteiger partial charge in [0.05, 0.1) is 26.7 Å². The quantitative estimate of drug-likeness (QED) is 0.493. The second-order valence-electron chi connectivity index (χ2n) is 6.49. The molecule has 1 aliphatic heterocycles. The summed E-state index contributed by atoms with van der Waals surface area (Å²) < 4.78 is 18.1. The highest BCUT2D eigenvalue weighted by molar-refractivity contribution is 7.99. The van der Waals surface area contributed by atoms with Crippen molar-refractivity contribution in [3.8, 4) is 11.5 Å². The highest BCUT2D eigenvalue weighted by Crippen LogP contribution is 2.36. The summed E-state index contributed by atoms with van der Waals surface area (Å²) in [6, 6.07) is 5.51. The van der Waals surface area contributed by atoms with E-state index in [2.05, 4.69) is 15.0 Å². The number of aliphatic hydroxyl groups excluding tert-OH is 2. The smallest absolute Gasteiger partial charge is 0.167 e. The van der Waals surface area contributed by atoms with Crippen molar-refractivity contribution in [3.05, 3.63) is 30.9 Å². The van der Waals surface area contributed by atoms with Crippen molar-refractivity contribution in [2.24, 2.45) is 0 Å². The monoisotopic (exact) mass is 419 g/mol. The van der Waals surface area contributed by atoms with Crippen LogP contribution in [-0.2, 0) is 4.74 Å². The van der Waals surface area contributed by atoms with Gasteiger partial charge in [0.15, 0.2) is 17.7 Å². The number of nitrogens with two attached hydrogens (primary N) is 1. The number of methoxy groups -OCH3 is 2. The van der Waals surface area contributed by atoms with E-state index in [-0.39, 0.29) is 5.82 Å². The van der Waals surface area contributed by atoms with E-state index in [4.69, 9.17) is 19.9 Å². The molecule has 4 N–H and O–H groups in total. The molecule has 0 radical (unpaired) electrons. The summed E-state index contributed by atoms with van der Waals surface area (Å²) in [5, 5.41) is 21.0. The Hall–Kier alpha value is -2.60. The Kier molecular flexibility index (Phi) is 5.46. The van der Waals surface area contributed by atoms with Crippen molar-refractivity contribution >= 4 is 28.7 Å². The molecule has 0 aliphatic carbocycles. The first-order valence-corrected chi connectivity index (χ1v) is 9.81. The van der Waals surface area contributed by atoms with Gasteiger partial charge in [-0.05, 0) is 12.1 Å². The molecule has 0 bridgehead atoms. The number of imidazole rings is 1. The molecule has 1 aliphatic rings. The SMILES string of the molecule is COc1cc(OC)cc(SC[C@H]2O[C@@H](n3cnc4c(N)ncnc43)[C@H](O)[C@@H]2O)c1. The van der Waals surface area contributed by atoms with E-state index in [1.165, 1.54) is 24.4 Å². The molecule has 154 valence electrons. The van der Waals surface area contributed by atoms with Gasteiger partial charge in [0.1, 0.15) is 35.6 Å².